The van der Waals surface area contributed by atoms with E-state index in [1.807, 2.05) is 37.4 Å². The lowest BCUT2D eigenvalue weighted by molar-refractivity contribution is -0.115. The number of fused-ring (bicyclic) bond motifs is 1. The topological polar surface area (TPSA) is 57.3 Å². The van der Waals surface area contributed by atoms with Gasteiger partial charge in [-0.1, -0.05) is 32.1 Å². The lowest BCUT2D eigenvalue weighted by Crippen LogP contribution is -2.22. The van der Waals surface area contributed by atoms with Gasteiger partial charge in [-0.3, -0.25) is 4.79 Å². The molecule has 1 aliphatic carbocycles. The van der Waals surface area contributed by atoms with E-state index in [0.29, 0.717) is 12.5 Å². The molecule has 0 radical (unpaired) electrons. The summed E-state index contributed by atoms with van der Waals surface area (Å²) < 4.78 is 0. The second-order valence-corrected chi connectivity index (χ2v) is 9.00. The molecule has 162 valence electrons. The highest BCUT2D eigenvalue weighted by Crippen LogP contribution is 2.60. The summed E-state index contributed by atoms with van der Waals surface area (Å²) in [6.07, 6.45) is 5.94. The van der Waals surface area contributed by atoms with Crippen molar-refractivity contribution in [2.75, 3.05) is 15.5 Å². The van der Waals surface area contributed by atoms with E-state index in [4.69, 9.17) is 0 Å². The van der Waals surface area contributed by atoms with E-state index in [-0.39, 0.29) is 11.3 Å². The third-order valence-electron chi connectivity index (χ3n) is 6.37. The van der Waals surface area contributed by atoms with E-state index in [1.54, 1.807) is 0 Å². The second kappa shape index (κ2) is 7.83. The molecule has 5 rings (SSSR count). The van der Waals surface area contributed by atoms with Crippen LogP contribution in [0.3, 0.4) is 0 Å². The summed E-state index contributed by atoms with van der Waals surface area (Å²) in [5.74, 6) is 0.804. The lowest BCUT2D eigenvalue weighted by atomic mass is 10.1. The fraction of sp³-hybridized carbons (Fsp3) is 0.259. The van der Waals surface area contributed by atoms with E-state index < -0.39 is 0 Å². The van der Waals surface area contributed by atoms with Crippen molar-refractivity contribution >= 4 is 34.5 Å². The average Bonchev–Trinajstić information content (AvgIpc) is 3.35. The molecule has 2 atom stereocenters. The van der Waals surface area contributed by atoms with Gasteiger partial charge in [0.1, 0.15) is 5.82 Å². The molecule has 2 heterocycles. The van der Waals surface area contributed by atoms with Gasteiger partial charge in [0.2, 0.25) is 5.91 Å². The highest BCUT2D eigenvalue weighted by molar-refractivity contribution is 5.90. The Hall–Kier alpha value is -3.60. The van der Waals surface area contributed by atoms with Crippen molar-refractivity contribution in [3.8, 4) is 0 Å². The lowest BCUT2D eigenvalue weighted by Gasteiger charge is -2.26. The van der Waals surface area contributed by atoms with Crippen LogP contribution in [0.4, 0.5) is 22.9 Å². The first-order chi connectivity index (χ1) is 15.4. The molecule has 2 aromatic carbocycles. The number of pyridine rings is 1. The number of hydrogen-bond acceptors (Lipinski definition) is 4. The molecule has 0 bridgehead atoms. The summed E-state index contributed by atoms with van der Waals surface area (Å²) >= 11 is 0. The number of nitrogens with zero attached hydrogens (tertiary/aromatic N) is 2. The SMILES string of the molecule is CCC(=O)Nc1ccc(Nc2cc(C3=CC4(C)CC4N3c3cccc(C)c3)ccn2)cc1. The number of aryl methyl sites for hydroxylation is 1. The first-order valence-corrected chi connectivity index (χ1v) is 11.2. The minimum absolute atomic E-state index is 0.00910. The van der Waals surface area contributed by atoms with Gasteiger partial charge >= 0.3 is 0 Å². The Kier molecular flexibility index (Phi) is 4.97. The highest BCUT2D eigenvalue weighted by Gasteiger charge is 2.57. The molecule has 1 aromatic heterocycles. The Morgan fingerprint density at radius 3 is 2.66 bits per heavy atom. The summed E-state index contributed by atoms with van der Waals surface area (Å²) in [7, 11) is 0. The molecule has 2 unspecified atom stereocenters. The largest absolute Gasteiger partial charge is 0.340 e. The number of benzene rings is 2. The average molecular weight is 425 g/mol. The maximum atomic E-state index is 11.6. The van der Waals surface area contributed by atoms with Gasteiger partial charge in [0.15, 0.2) is 0 Å². The fourth-order valence-corrected chi connectivity index (χ4v) is 4.46. The molecule has 5 heteroatoms. The first kappa shape index (κ1) is 20.3. The van der Waals surface area contributed by atoms with Gasteiger partial charge in [-0.25, -0.2) is 4.98 Å². The molecule has 1 saturated carbocycles. The normalized spacial score (nSPS) is 21.0. The molecule has 1 aliphatic heterocycles. The molecule has 32 heavy (non-hydrogen) atoms. The maximum Gasteiger partial charge on any atom is 0.224 e. The summed E-state index contributed by atoms with van der Waals surface area (Å²) in [6.45, 7) is 6.32. The van der Waals surface area contributed by atoms with Gasteiger partial charge in [0.05, 0.1) is 0 Å². The van der Waals surface area contributed by atoms with E-state index in [0.717, 1.165) is 22.8 Å². The zero-order chi connectivity index (χ0) is 22.3. The van der Waals surface area contributed by atoms with Crippen molar-refractivity contribution in [2.45, 2.75) is 39.7 Å². The summed E-state index contributed by atoms with van der Waals surface area (Å²) in [5.41, 5.74) is 6.89. The zero-order valence-electron chi connectivity index (χ0n) is 18.7. The molecule has 0 spiro atoms. The van der Waals surface area contributed by atoms with Gasteiger partial charge in [-0.15, -0.1) is 0 Å². The number of anilines is 4. The second-order valence-electron chi connectivity index (χ2n) is 9.00. The summed E-state index contributed by atoms with van der Waals surface area (Å²) in [4.78, 5) is 18.6. The Bertz CT molecular complexity index is 1200. The Morgan fingerprint density at radius 1 is 1.12 bits per heavy atom. The van der Waals surface area contributed by atoms with Crippen molar-refractivity contribution in [1.29, 1.82) is 0 Å². The van der Waals surface area contributed by atoms with Crippen molar-refractivity contribution in [3.63, 3.8) is 0 Å². The first-order valence-electron chi connectivity index (χ1n) is 11.2. The Morgan fingerprint density at radius 2 is 1.91 bits per heavy atom. The monoisotopic (exact) mass is 424 g/mol. The fourth-order valence-electron chi connectivity index (χ4n) is 4.46. The predicted molar refractivity (Wildman–Crippen MR) is 131 cm³/mol. The van der Waals surface area contributed by atoms with Crippen molar-refractivity contribution < 1.29 is 4.79 Å². The van der Waals surface area contributed by atoms with Crippen LogP contribution >= 0.6 is 0 Å². The minimum Gasteiger partial charge on any atom is -0.340 e. The van der Waals surface area contributed by atoms with Crippen LogP contribution in [0.1, 0.15) is 37.8 Å². The van der Waals surface area contributed by atoms with E-state index in [1.165, 1.54) is 23.4 Å². The van der Waals surface area contributed by atoms with Crippen LogP contribution in [-0.2, 0) is 4.79 Å². The number of carbonyl (C=O) groups excluding carboxylic acids is 1. The molecular weight excluding hydrogens is 396 g/mol. The highest BCUT2D eigenvalue weighted by atomic mass is 16.1. The molecule has 0 saturated heterocycles. The third-order valence-corrected chi connectivity index (χ3v) is 6.37. The van der Waals surface area contributed by atoms with Crippen LogP contribution in [0.15, 0.2) is 72.9 Å². The predicted octanol–water partition coefficient (Wildman–Crippen LogP) is 6.12. The van der Waals surface area contributed by atoms with Crippen molar-refractivity contribution in [2.24, 2.45) is 5.41 Å². The van der Waals surface area contributed by atoms with Crippen molar-refractivity contribution in [1.82, 2.24) is 4.98 Å². The van der Waals surface area contributed by atoms with E-state index in [9.17, 15) is 4.79 Å². The van der Waals surface area contributed by atoms with E-state index in [2.05, 4.69) is 76.8 Å². The number of aromatic nitrogens is 1. The Balaban J connectivity index is 1.38. The Labute approximate surface area is 189 Å². The third kappa shape index (κ3) is 3.86. The number of amides is 1. The number of carbonyl (C=O) groups is 1. The molecule has 5 nitrogen and oxygen atoms in total. The standard InChI is InChI=1S/C27H28N4O/c1-4-26(32)30-21-10-8-20(9-11-21)29-25-15-19(12-13-28-25)23-16-27(3)17-24(27)31(23)22-7-5-6-18(2)14-22/h5-16,24H,4,17H2,1-3H3,(H,28,29)(H,30,32). The maximum absolute atomic E-state index is 11.6. The molecular formula is C27H28N4O. The summed E-state index contributed by atoms with van der Waals surface area (Å²) in [6, 6.07) is 21.1. The van der Waals surface area contributed by atoms with Gasteiger partial charge in [-0.2, -0.15) is 0 Å². The van der Waals surface area contributed by atoms with Crippen LogP contribution in [0, 0.1) is 12.3 Å². The molecule has 1 fully saturated rings. The number of hydrogen-bond donors (Lipinski definition) is 2. The molecule has 2 aliphatic rings. The van der Waals surface area contributed by atoms with Gasteiger partial charge in [0, 0.05) is 52.4 Å². The van der Waals surface area contributed by atoms with Crippen LogP contribution in [0.2, 0.25) is 0 Å². The zero-order valence-corrected chi connectivity index (χ0v) is 18.7. The van der Waals surface area contributed by atoms with Crippen molar-refractivity contribution in [3.05, 3.63) is 84.1 Å². The van der Waals surface area contributed by atoms with Gasteiger partial charge in [0.25, 0.3) is 0 Å². The van der Waals surface area contributed by atoms with Crippen LogP contribution in [0.5, 0.6) is 0 Å². The quantitative estimate of drug-likeness (QED) is 0.500. The number of nitrogens with one attached hydrogen (secondary N) is 2. The van der Waals surface area contributed by atoms with E-state index >= 15 is 0 Å². The van der Waals surface area contributed by atoms with Crippen LogP contribution < -0.4 is 15.5 Å². The summed E-state index contributed by atoms with van der Waals surface area (Å²) in [5, 5.41) is 6.26. The van der Waals surface area contributed by atoms with Gasteiger partial charge < -0.3 is 15.5 Å². The smallest absolute Gasteiger partial charge is 0.224 e. The molecule has 2 N–H and O–H groups in total. The molecule has 3 aromatic rings. The minimum atomic E-state index is 0.00910. The van der Waals surface area contributed by atoms with Gasteiger partial charge in [-0.05, 0) is 67.4 Å². The van der Waals surface area contributed by atoms with Crippen LogP contribution in [0.25, 0.3) is 5.70 Å². The molecule has 1 amide bonds. The van der Waals surface area contributed by atoms with Crippen LogP contribution in [-0.4, -0.2) is 16.9 Å². The number of rotatable bonds is 6.